The molecule has 3 N–H and O–H groups in total. The van der Waals surface area contributed by atoms with Crippen LogP contribution in [0.2, 0.25) is 0 Å². The van der Waals surface area contributed by atoms with E-state index in [-0.39, 0.29) is 17.6 Å². The van der Waals surface area contributed by atoms with Crippen LogP contribution in [0.25, 0.3) is 0 Å². The van der Waals surface area contributed by atoms with Gasteiger partial charge in [-0.15, -0.1) is 0 Å². The third kappa shape index (κ3) is 12.8. The Balaban J connectivity index is 2.42. The van der Waals surface area contributed by atoms with Crippen molar-refractivity contribution in [2.45, 2.75) is 96.9 Å². The molecule has 2 unspecified atom stereocenters. The molecule has 0 fully saturated rings. The summed E-state index contributed by atoms with van der Waals surface area (Å²) in [5.74, 6) is 0.0443. The van der Waals surface area contributed by atoms with E-state index in [0.717, 1.165) is 44.1 Å². The highest BCUT2D eigenvalue weighted by atomic mass is 32.2. The first-order valence-corrected chi connectivity index (χ1v) is 16.3. The van der Waals surface area contributed by atoms with E-state index in [1.54, 1.807) is 49.6 Å². The van der Waals surface area contributed by atoms with Crippen LogP contribution < -0.4 is 10.6 Å². The van der Waals surface area contributed by atoms with E-state index in [4.69, 9.17) is 4.74 Å². The Bertz CT molecular complexity index is 1090. The zero-order valence-electron chi connectivity index (χ0n) is 25.9. The zero-order chi connectivity index (χ0) is 31.0. The van der Waals surface area contributed by atoms with Gasteiger partial charge in [-0.25, -0.2) is 4.79 Å². The summed E-state index contributed by atoms with van der Waals surface area (Å²) in [6.07, 6.45) is 7.78. The standard InChI is InChI=1S/C33H49N3O5S/c1-6-7-8-9-10-14-22-36(31(39)28(21-23-42-5)35-32(40)41-33(2,3)4)29(26-17-19-27(37)20-18-26)30(38)34-24-25-15-12-11-13-16-25/h11-13,15-20,28-29,37H,6-10,14,21-24H2,1-5H3,(H,34,38)(H,35,40). The summed E-state index contributed by atoms with van der Waals surface area (Å²) in [6, 6.07) is 14.1. The van der Waals surface area contributed by atoms with Crippen molar-refractivity contribution in [2.75, 3.05) is 18.6 Å². The van der Waals surface area contributed by atoms with Crippen LogP contribution in [0.15, 0.2) is 54.6 Å². The van der Waals surface area contributed by atoms with Gasteiger partial charge in [0.05, 0.1) is 0 Å². The summed E-state index contributed by atoms with van der Waals surface area (Å²) in [5, 5.41) is 15.7. The number of nitrogens with one attached hydrogen (secondary N) is 2. The third-order valence-electron chi connectivity index (χ3n) is 6.71. The molecular formula is C33H49N3O5S. The minimum atomic E-state index is -0.949. The van der Waals surface area contributed by atoms with Gasteiger partial charge in [0.1, 0.15) is 23.4 Å². The number of ether oxygens (including phenoxy) is 1. The number of hydrogen-bond acceptors (Lipinski definition) is 6. The number of unbranched alkanes of at least 4 members (excludes halogenated alkanes) is 5. The SMILES string of the molecule is CCCCCCCCN(C(=O)C(CCSC)NC(=O)OC(C)(C)C)C(C(=O)NCc1ccccc1)c1ccc(O)cc1. The van der Waals surface area contributed by atoms with Crippen molar-refractivity contribution in [3.8, 4) is 5.75 Å². The van der Waals surface area contributed by atoms with Crippen LogP contribution in [-0.2, 0) is 20.9 Å². The largest absolute Gasteiger partial charge is 0.508 e. The fourth-order valence-electron chi connectivity index (χ4n) is 4.58. The number of aromatic hydroxyl groups is 1. The second-order valence-electron chi connectivity index (χ2n) is 11.5. The number of carbonyl (C=O) groups is 3. The van der Waals surface area contributed by atoms with Crippen molar-refractivity contribution in [2.24, 2.45) is 0 Å². The summed E-state index contributed by atoms with van der Waals surface area (Å²) < 4.78 is 5.47. The Morgan fingerprint density at radius 3 is 2.21 bits per heavy atom. The highest BCUT2D eigenvalue weighted by Gasteiger charge is 2.36. The number of nitrogens with zero attached hydrogens (tertiary/aromatic N) is 1. The maximum absolute atomic E-state index is 14.3. The molecule has 2 atom stereocenters. The van der Waals surface area contributed by atoms with Crippen molar-refractivity contribution in [1.29, 1.82) is 0 Å². The third-order valence-corrected chi connectivity index (χ3v) is 7.36. The molecule has 2 rings (SSSR count). The maximum atomic E-state index is 14.3. The number of amides is 3. The van der Waals surface area contributed by atoms with Gasteiger partial charge in [0.25, 0.3) is 0 Å². The predicted octanol–water partition coefficient (Wildman–Crippen LogP) is 6.59. The molecule has 2 aromatic rings. The molecule has 232 valence electrons. The molecule has 0 saturated carbocycles. The number of benzene rings is 2. The first kappa shape index (κ1) is 35.0. The van der Waals surface area contributed by atoms with E-state index in [0.29, 0.717) is 30.8 Å². The van der Waals surface area contributed by atoms with Gasteiger partial charge in [-0.05, 0) is 68.9 Å². The molecule has 2 aromatic carbocycles. The number of phenolic OH excluding ortho intramolecular Hbond substituents is 1. The van der Waals surface area contributed by atoms with Gasteiger partial charge >= 0.3 is 6.09 Å². The Morgan fingerprint density at radius 1 is 0.952 bits per heavy atom. The van der Waals surface area contributed by atoms with Crippen LogP contribution in [0, 0.1) is 0 Å². The van der Waals surface area contributed by atoms with Gasteiger partial charge in [-0.3, -0.25) is 9.59 Å². The number of alkyl carbamates (subject to hydrolysis) is 1. The van der Waals surface area contributed by atoms with Gasteiger partial charge in [0, 0.05) is 13.1 Å². The van der Waals surface area contributed by atoms with Gasteiger partial charge in [0.15, 0.2) is 0 Å². The van der Waals surface area contributed by atoms with Crippen molar-refractivity contribution in [1.82, 2.24) is 15.5 Å². The minimum absolute atomic E-state index is 0.0698. The average Bonchev–Trinajstić information content (AvgIpc) is 2.95. The Morgan fingerprint density at radius 2 is 1.60 bits per heavy atom. The van der Waals surface area contributed by atoms with E-state index in [2.05, 4.69) is 17.6 Å². The molecule has 0 aliphatic heterocycles. The summed E-state index contributed by atoms with van der Waals surface area (Å²) in [5.41, 5.74) is 0.800. The second-order valence-corrected chi connectivity index (χ2v) is 12.5. The van der Waals surface area contributed by atoms with Crippen LogP contribution in [-0.4, -0.2) is 58.1 Å². The van der Waals surface area contributed by atoms with Crippen LogP contribution in [0.3, 0.4) is 0 Å². The monoisotopic (exact) mass is 599 g/mol. The van der Waals surface area contributed by atoms with E-state index in [1.165, 1.54) is 12.1 Å². The van der Waals surface area contributed by atoms with E-state index in [9.17, 15) is 19.5 Å². The Kier molecular flexibility index (Phi) is 15.3. The van der Waals surface area contributed by atoms with Crippen molar-refractivity contribution >= 4 is 29.7 Å². The number of carbonyl (C=O) groups excluding carboxylic acids is 3. The van der Waals surface area contributed by atoms with Gasteiger partial charge in [0.2, 0.25) is 11.8 Å². The molecule has 9 heteroatoms. The molecule has 0 aliphatic rings. The minimum Gasteiger partial charge on any atom is -0.508 e. The normalized spacial score (nSPS) is 12.7. The van der Waals surface area contributed by atoms with Crippen LogP contribution in [0.4, 0.5) is 4.79 Å². The summed E-state index contributed by atoms with van der Waals surface area (Å²) in [4.78, 5) is 42.5. The lowest BCUT2D eigenvalue weighted by atomic mass is 10.0. The quantitative estimate of drug-likeness (QED) is 0.177. The lowest BCUT2D eigenvalue weighted by molar-refractivity contribution is -0.142. The molecule has 0 radical (unpaired) electrons. The van der Waals surface area contributed by atoms with Gasteiger partial charge < -0.3 is 25.4 Å². The fraction of sp³-hybridized carbons (Fsp3) is 0.545. The molecule has 0 saturated heterocycles. The average molecular weight is 600 g/mol. The predicted molar refractivity (Wildman–Crippen MR) is 170 cm³/mol. The molecule has 8 nitrogen and oxygen atoms in total. The van der Waals surface area contributed by atoms with Crippen LogP contribution in [0.1, 0.15) is 89.8 Å². The van der Waals surface area contributed by atoms with Crippen molar-refractivity contribution in [3.05, 3.63) is 65.7 Å². The lowest BCUT2D eigenvalue weighted by Crippen LogP contribution is -2.53. The molecule has 3 amide bonds. The highest BCUT2D eigenvalue weighted by molar-refractivity contribution is 7.98. The van der Waals surface area contributed by atoms with Crippen LogP contribution in [0.5, 0.6) is 5.75 Å². The second kappa shape index (κ2) is 18.4. The van der Waals surface area contributed by atoms with E-state index < -0.39 is 23.8 Å². The van der Waals surface area contributed by atoms with Crippen molar-refractivity contribution < 1.29 is 24.2 Å². The van der Waals surface area contributed by atoms with Gasteiger partial charge in [-0.1, -0.05) is 81.5 Å². The molecule has 0 aliphatic carbocycles. The van der Waals surface area contributed by atoms with E-state index in [1.807, 2.05) is 36.6 Å². The van der Waals surface area contributed by atoms with Crippen molar-refractivity contribution in [3.63, 3.8) is 0 Å². The smallest absolute Gasteiger partial charge is 0.408 e. The topological polar surface area (TPSA) is 108 Å². The number of rotatable bonds is 17. The Labute approximate surface area is 256 Å². The first-order valence-electron chi connectivity index (χ1n) is 14.9. The molecule has 0 heterocycles. The lowest BCUT2D eigenvalue weighted by Gasteiger charge is -2.34. The maximum Gasteiger partial charge on any atom is 0.408 e. The number of hydrogen-bond donors (Lipinski definition) is 3. The number of phenols is 1. The van der Waals surface area contributed by atoms with E-state index >= 15 is 0 Å². The summed E-state index contributed by atoms with van der Waals surface area (Å²) in [7, 11) is 0. The number of thioether (sulfide) groups is 1. The molecular weight excluding hydrogens is 550 g/mol. The zero-order valence-corrected chi connectivity index (χ0v) is 26.7. The molecule has 0 spiro atoms. The van der Waals surface area contributed by atoms with Crippen LogP contribution >= 0.6 is 11.8 Å². The molecule has 42 heavy (non-hydrogen) atoms. The fourth-order valence-corrected chi connectivity index (χ4v) is 5.05. The highest BCUT2D eigenvalue weighted by Crippen LogP contribution is 2.26. The van der Waals surface area contributed by atoms with Gasteiger partial charge in [-0.2, -0.15) is 11.8 Å². The summed E-state index contributed by atoms with van der Waals surface area (Å²) in [6.45, 7) is 8.14. The molecule has 0 bridgehead atoms. The molecule has 0 aromatic heterocycles. The summed E-state index contributed by atoms with van der Waals surface area (Å²) >= 11 is 1.58. The first-order chi connectivity index (χ1) is 20.1. The Hall–Kier alpha value is -3.20.